The number of aromatic nitrogens is 3. The third-order valence-electron chi connectivity index (χ3n) is 2.58. The van der Waals surface area contributed by atoms with E-state index in [2.05, 4.69) is 15.0 Å². The Morgan fingerprint density at radius 3 is 2.84 bits per heavy atom. The molecule has 3 rings (SSSR count). The van der Waals surface area contributed by atoms with Gasteiger partial charge in [-0.1, -0.05) is 11.8 Å². The number of halogens is 1. The second-order valence-electron chi connectivity index (χ2n) is 3.82. The van der Waals surface area contributed by atoms with Crippen molar-refractivity contribution in [3.63, 3.8) is 0 Å². The summed E-state index contributed by atoms with van der Waals surface area (Å²) in [6, 6.07) is 4.90. The number of nitrogen functional groups attached to an aromatic ring is 1. The molecule has 0 aliphatic heterocycles. The highest BCUT2D eigenvalue weighted by Gasteiger charge is 2.13. The number of benzene rings is 1. The lowest BCUT2D eigenvalue weighted by Gasteiger charge is -2.08. The Kier molecular flexibility index (Phi) is 3.00. The molecule has 0 saturated carbocycles. The van der Waals surface area contributed by atoms with Gasteiger partial charge in [0.25, 0.3) is 0 Å². The minimum atomic E-state index is -0.403. The van der Waals surface area contributed by atoms with E-state index < -0.39 is 5.82 Å². The highest BCUT2D eigenvalue weighted by Crippen LogP contribution is 2.35. The van der Waals surface area contributed by atoms with Crippen LogP contribution in [0.5, 0.6) is 0 Å². The molecule has 94 valence electrons. The van der Waals surface area contributed by atoms with E-state index in [0.717, 1.165) is 5.39 Å². The van der Waals surface area contributed by atoms with Gasteiger partial charge in [-0.25, -0.2) is 9.37 Å². The molecule has 0 aliphatic carbocycles. The lowest BCUT2D eigenvalue weighted by atomic mass is 10.2. The first-order chi connectivity index (χ1) is 9.25. The second kappa shape index (κ2) is 4.81. The third kappa shape index (κ3) is 2.22. The topological polar surface area (TPSA) is 64.7 Å². The fourth-order valence-corrected chi connectivity index (χ4v) is 2.60. The monoisotopic (exact) mass is 272 g/mol. The zero-order chi connectivity index (χ0) is 13.2. The molecular weight excluding hydrogens is 263 g/mol. The predicted molar refractivity (Wildman–Crippen MR) is 72.3 cm³/mol. The average Bonchev–Trinajstić information content (AvgIpc) is 2.45. The van der Waals surface area contributed by atoms with Gasteiger partial charge in [-0.15, -0.1) is 0 Å². The number of hydrogen-bond donors (Lipinski definition) is 1. The van der Waals surface area contributed by atoms with Crippen molar-refractivity contribution in [1.29, 1.82) is 0 Å². The Bertz CT molecular complexity index is 733. The standard InChI is InChI=1S/C13H9FN4S/c14-9-6-10(15)8-2-1-3-18-12(8)13(9)19-11-7-16-4-5-17-11/h1-7H,15H2. The molecule has 2 heterocycles. The van der Waals surface area contributed by atoms with Gasteiger partial charge in [0, 0.05) is 29.7 Å². The van der Waals surface area contributed by atoms with Crippen LogP contribution in [0.4, 0.5) is 10.1 Å². The smallest absolute Gasteiger partial charge is 0.141 e. The van der Waals surface area contributed by atoms with Crippen LogP contribution in [0, 0.1) is 5.82 Å². The number of fused-ring (bicyclic) bond motifs is 1. The van der Waals surface area contributed by atoms with Gasteiger partial charge in [0.2, 0.25) is 0 Å². The molecule has 2 N–H and O–H groups in total. The van der Waals surface area contributed by atoms with Crippen LogP contribution < -0.4 is 5.73 Å². The summed E-state index contributed by atoms with van der Waals surface area (Å²) in [6.07, 6.45) is 6.32. The van der Waals surface area contributed by atoms with Crippen LogP contribution in [0.3, 0.4) is 0 Å². The Hall–Kier alpha value is -2.21. The molecular formula is C13H9FN4S. The fraction of sp³-hybridized carbons (Fsp3) is 0. The average molecular weight is 272 g/mol. The maximum atomic E-state index is 14.1. The number of anilines is 1. The molecule has 0 unspecified atom stereocenters. The minimum absolute atomic E-state index is 0.379. The van der Waals surface area contributed by atoms with Crippen molar-refractivity contribution in [2.45, 2.75) is 9.92 Å². The lowest BCUT2D eigenvalue weighted by Crippen LogP contribution is -1.94. The highest BCUT2D eigenvalue weighted by atomic mass is 32.2. The van der Waals surface area contributed by atoms with Gasteiger partial charge >= 0.3 is 0 Å². The normalized spacial score (nSPS) is 10.8. The second-order valence-corrected chi connectivity index (χ2v) is 4.85. The first kappa shape index (κ1) is 11.9. The number of nitrogens with two attached hydrogens (primary N) is 1. The van der Waals surface area contributed by atoms with Crippen LogP contribution in [0.1, 0.15) is 0 Å². The van der Waals surface area contributed by atoms with Gasteiger partial charge in [0.15, 0.2) is 0 Å². The maximum absolute atomic E-state index is 14.1. The summed E-state index contributed by atoms with van der Waals surface area (Å²) in [6.45, 7) is 0. The Balaban J connectivity index is 2.18. The molecule has 0 radical (unpaired) electrons. The molecule has 0 aliphatic rings. The van der Waals surface area contributed by atoms with Gasteiger partial charge in [-0.3, -0.25) is 9.97 Å². The van der Waals surface area contributed by atoms with Crippen molar-refractivity contribution < 1.29 is 4.39 Å². The van der Waals surface area contributed by atoms with Gasteiger partial charge in [-0.2, -0.15) is 0 Å². The van der Waals surface area contributed by atoms with Gasteiger partial charge in [0.1, 0.15) is 10.8 Å². The summed E-state index contributed by atoms with van der Waals surface area (Å²) in [4.78, 5) is 12.7. The summed E-state index contributed by atoms with van der Waals surface area (Å²) in [5.41, 5.74) is 6.72. The number of nitrogens with zero attached hydrogens (tertiary/aromatic N) is 3. The minimum Gasteiger partial charge on any atom is -0.398 e. The molecule has 0 atom stereocenters. The molecule has 4 nitrogen and oxygen atoms in total. The largest absolute Gasteiger partial charge is 0.398 e. The van der Waals surface area contributed by atoms with Crippen LogP contribution >= 0.6 is 11.8 Å². The summed E-state index contributed by atoms with van der Waals surface area (Å²) < 4.78 is 14.1. The van der Waals surface area contributed by atoms with Crippen LogP contribution in [0.2, 0.25) is 0 Å². The summed E-state index contributed by atoms with van der Waals surface area (Å²) in [5, 5.41) is 1.34. The highest BCUT2D eigenvalue weighted by molar-refractivity contribution is 7.99. The Morgan fingerprint density at radius 2 is 2.05 bits per heavy atom. The first-order valence-electron chi connectivity index (χ1n) is 5.52. The number of rotatable bonds is 2. The fourth-order valence-electron chi connectivity index (χ4n) is 1.75. The Morgan fingerprint density at radius 1 is 1.16 bits per heavy atom. The maximum Gasteiger partial charge on any atom is 0.141 e. The summed E-state index contributed by atoms with van der Waals surface area (Å²) in [5.74, 6) is -0.403. The molecule has 19 heavy (non-hydrogen) atoms. The van der Waals surface area contributed by atoms with E-state index in [4.69, 9.17) is 5.73 Å². The zero-order valence-electron chi connectivity index (χ0n) is 9.75. The van der Waals surface area contributed by atoms with E-state index in [1.807, 2.05) is 6.07 Å². The predicted octanol–water partition coefficient (Wildman–Crippen LogP) is 2.90. The third-order valence-corrected chi connectivity index (χ3v) is 3.59. The van der Waals surface area contributed by atoms with Crippen molar-refractivity contribution in [3.8, 4) is 0 Å². The van der Waals surface area contributed by atoms with Gasteiger partial charge in [-0.05, 0) is 18.2 Å². The van der Waals surface area contributed by atoms with Crippen LogP contribution in [-0.2, 0) is 0 Å². The molecule has 0 spiro atoms. The van der Waals surface area contributed by atoms with Crippen molar-refractivity contribution >= 4 is 28.4 Å². The van der Waals surface area contributed by atoms with Gasteiger partial charge in [0.05, 0.1) is 16.6 Å². The van der Waals surface area contributed by atoms with Crippen LogP contribution in [-0.4, -0.2) is 15.0 Å². The van der Waals surface area contributed by atoms with Crippen molar-refractivity contribution in [2.24, 2.45) is 0 Å². The molecule has 0 bridgehead atoms. The van der Waals surface area contributed by atoms with Crippen LogP contribution in [0.25, 0.3) is 10.9 Å². The molecule has 0 fully saturated rings. The molecule has 0 amide bonds. The number of pyridine rings is 1. The molecule has 1 aromatic carbocycles. The van der Waals surface area contributed by atoms with E-state index in [1.54, 1.807) is 30.9 Å². The van der Waals surface area contributed by atoms with Crippen molar-refractivity contribution in [3.05, 3.63) is 48.8 Å². The van der Waals surface area contributed by atoms with E-state index in [1.165, 1.54) is 17.8 Å². The number of hydrogen-bond acceptors (Lipinski definition) is 5. The molecule has 2 aromatic heterocycles. The lowest BCUT2D eigenvalue weighted by molar-refractivity contribution is 0.605. The zero-order valence-corrected chi connectivity index (χ0v) is 10.6. The van der Waals surface area contributed by atoms with E-state index in [9.17, 15) is 4.39 Å². The van der Waals surface area contributed by atoms with Gasteiger partial charge < -0.3 is 5.73 Å². The van der Waals surface area contributed by atoms with E-state index >= 15 is 0 Å². The SMILES string of the molecule is Nc1cc(F)c(Sc2cnccn2)c2ncccc12. The molecule has 3 aromatic rings. The first-order valence-corrected chi connectivity index (χ1v) is 6.34. The quantitative estimate of drug-likeness (QED) is 0.727. The Labute approximate surface area is 112 Å². The summed E-state index contributed by atoms with van der Waals surface area (Å²) in [7, 11) is 0. The van der Waals surface area contributed by atoms with Crippen molar-refractivity contribution in [1.82, 2.24) is 15.0 Å². The van der Waals surface area contributed by atoms with E-state index in [0.29, 0.717) is 21.1 Å². The van der Waals surface area contributed by atoms with E-state index in [-0.39, 0.29) is 0 Å². The summed E-state index contributed by atoms with van der Waals surface area (Å²) >= 11 is 1.19. The molecule has 6 heteroatoms. The van der Waals surface area contributed by atoms with Crippen molar-refractivity contribution in [2.75, 3.05) is 5.73 Å². The molecule has 0 saturated heterocycles. The van der Waals surface area contributed by atoms with Crippen LogP contribution in [0.15, 0.2) is 52.9 Å².